The molecule has 0 aliphatic carbocycles. The third kappa shape index (κ3) is 4.07. The van der Waals surface area contributed by atoms with Crippen LogP contribution in [0.2, 0.25) is 0 Å². The fourth-order valence-corrected chi connectivity index (χ4v) is 4.10. The lowest BCUT2D eigenvalue weighted by Crippen LogP contribution is -2.29. The van der Waals surface area contributed by atoms with E-state index in [1.807, 2.05) is 13.8 Å². The SMILES string of the molecule is CC1=NC(C)=C(C(=O)CCC(C)C)C(c2cc(F)c(F)c3c(=O)cc(C)oc23)C1C#N. The highest BCUT2D eigenvalue weighted by Gasteiger charge is 2.39. The van der Waals surface area contributed by atoms with Gasteiger partial charge in [-0.2, -0.15) is 5.26 Å². The summed E-state index contributed by atoms with van der Waals surface area (Å²) in [7, 11) is 0. The fraction of sp³-hybridized carbons (Fsp3) is 0.417. The molecule has 0 amide bonds. The van der Waals surface area contributed by atoms with E-state index in [4.69, 9.17) is 4.42 Å². The molecule has 0 bridgehead atoms. The highest BCUT2D eigenvalue weighted by Crippen LogP contribution is 2.43. The smallest absolute Gasteiger partial charge is 0.196 e. The fourth-order valence-electron chi connectivity index (χ4n) is 4.10. The van der Waals surface area contributed by atoms with Gasteiger partial charge in [0.05, 0.1) is 12.0 Å². The predicted molar refractivity (Wildman–Crippen MR) is 114 cm³/mol. The average Bonchev–Trinajstić information content (AvgIpc) is 2.67. The zero-order valence-electron chi connectivity index (χ0n) is 18.2. The van der Waals surface area contributed by atoms with Crippen LogP contribution in [0.5, 0.6) is 0 Å². The van der Waals surface area contributed by atoms with Crippen LogP contribution in [0.3, 0.4) is 0 Å². The molecule has 3 rings (SSSR count). The molecular formula is C24H24F2N2O3. The highest BCUT2D eigenvalue weighted by molar-refractivity contribution is 6.03. The number of hydrogen-bond acceptors (Lipinski definition) is 5. The minimum atomic E-state index is -1.31. The Balaban J connectivity index is 2.35. The number of nitrogens with zero attached hydrogens (tertiary/aromatic N) is 2. The van der Waals surface area contributed by atoms with Gasteiger partial charge in [-0.05, 0) is 39.2 Å². The quantitative estimate of drug-likeness (QED) is 0.645. The van der Waals surface area contributed by atoms with Crippen molar-refractivity contribution in [1.82, 2.24) is 0 Å². The Morgan fingerprint density at radius 3 is 2.55 bits per heavy atom. The van der Waals surface area contributed by atoms with Gasteiger partial charge in [-0.3, -0.25) is 14.6 Å². The maximum atomic E-state index is 14.6. The lowest BCUT2D eigenvalue weighted by atomic mass is 9.74. The van der Waals surface area contributed by atoms with Crippen molar-refractivity contribution in [3.8, 4) is 6.07 Å². The highest BCUT2D eigenvalue weighted by atomic mass is 19.2. The van der Waals surface area contributed by atoms with Gasteiger partial charge >= 0.3 is 0 Å². The van der Waals surface area contributed by atoms with Gasteiger partial charge in [-0.15, -0.1) is 0 Å². The van der Waals surface area contributed by atoms with Crippen molar-refractivity contribution in [2.45, 2.75) is 53.4 Å². The van der Waals surface area contributed by atoms with Crippen molar-refractivity contribution in [3.05, 3.63) is 56.6 Å². The second-order valence-corrected chi connectivity index (χ2v) is 8.38. The van der Waals surface area contributed by atoms with Crippen LogP contribution in [0.1, 0.15) is 57.8 Å². The molecule has 2 heterocycles. The van der Waals surface area contributed by atoms with Crippen LogP contribution in [0, 0.1) is 41.7 Å². The number of hydrogen-bond donors (Lipinski definition) is 0. The van der Waals surface area contributed by atoms with Crippen molar-refractivity contribution >= 4 is 22.5 Å². The molecule has 0 spiro atoms. The first kappa shape index (κ1) is 22.5. The Morgan fingerprint density at radius 2 is 1.94 bits per heavy atom. The third-order valence-electron chi connectivity index (χ3n) is 5.60. The number of rotatable bonds is 5. The average molecular weight is 426 g/mol. The van der Waals surface area contributed by atoms with E-state index in [-0.39, 0.29) is 40.6 Å². The van der Waals surface area contributed by atoms with E-state index in [0.717, 1.165) is 12.1 Å². The molecule has 0 N–H and O–H groups in total. The van der Waals surface area contributed by atoms with Crippen LogP contribution >= 0.6 is 0 Å². The van der Waals surface area contributed by atoms with E-state index < -0.39 is 34.3 Å². The van der Waals surface area contributed by atoms with Crippen molar-refractivity contribution in [3.63, 3.8) is 0 Å². The molecule has 1 aromatic carbocycles. The van der Waals surface area contributed by atoms with E-state index in [1.165, 1.54) is 6.92 Å². The van der Waals surface area contributed by atoms with Crippen LogP contribution in [0.4, 0.5) is 8.78 Å². The number of aliphatic imine (C=N–C) groups is 1. The maximum Gasteiger partial charge on any atom is 0.196 e. The zero-order chi connectivity index (χ0) is 23.0. The van der Waals surface area contributed by atoms with Crippen molar-refractivity contribution in [2.24, 2.45) is 16.8 Å². The summed E-state index contributed by atoms with van der Waals surface area (Å²) in [5.74, 6) is -4.06. The summed E-state index contributed by atoms with van der Waals surface area (Å²) in [4.78, 5) is 30.0. The molecule has 2 aromatic rings. The normalized spacial score (nSPS) is 19.0. The number of carbonyl (C=O) groups excluding carboxylic acids is 1. The Bertz CT molecular complexity index is 1230. The van der Waals surface area contributed by atoms with Crippen molar-refractivity contribution in [2.75, 3.05) is 0 Å². The van der Waals surface area contributed by atoms with E-state index >= 15 is 0 Å². The Labute approximate surface area is 179 Å². The number of carbonyl (C=O) groups is 1. The molecule has 2 atom stereocenters. The predicted octanol–water partition coefficient (Wildman–Crippen LogP) is 5.36. The Kier molecular flexibility index (Phi) is 6.21. The summed E-state index contributed by atoms with van der Waals surface area (Å²) >= 11 is 0. The first-order valence-electron chi connectivity index (χ1n) is 10.2. The number of nitriles is 1. The van der Waals surface area contributed by atoms with E-state index in [0.29, 0.717) is 17.8 Å². The number of benzene rings is 1. The molecule has 2 unspecified atom stereocenters. The van der Waals surface area contributed by atoms with Gasteiger partial charge in [0.15, 0.2) is 22.8 Å². The van der Waals surface area contributed by atoms with Gasteiger partial charge in [0, 0.05) is 41.0 Å². The van der Waals surface area contributed by atoms with Gasteiger partial charge in [-0.1, -0.05) is 13.8 Å². The number of aryl methyl sites for hydroxylation is 1. The van der Waals surface area contributed by atoms with Gasteiger partial charge in [0.2, 0.25) is 0 Å². The number of halogens is 2. The summed E-state index contributed by atoms with van der Waals surface area (Å²) in [6, 6.07) is 4.16. The minimum Gasteiger partial charge on any atom is -0.461 e. The largest absolute Gasteiger partial charge is 0.461 e. The third-order valence-corrected chi connectivity index (χ3v) is 5.60. The van der Waals surface area contributed by atoms with E-state index in [1.54, 1.807) is 13.8 Å². The van der Waals surface area contributed by atoms with Gasteiger partial charge in [-0.25, -0.2) is 8.78 Å². The molecule has 1 aliphatic rings. The molecule has 5 nitrogen and oxygen atoms in total. The summed E-state index contributed by atoms with van der Waals surface area (Å²) in [6.45, 7) is 8.83. The molecule has 1 aromatic heterocycles. The Morgan fingerprint density at radius 1 is 1.26 bits per heavy atom. The number of allylic oxidation sites excluding steroid dienone is 2. The standard InChI is InChI=1S/C24H24F2N2O3/c1-11(2)6-7-18(29)20-14(5)28-13(4)16(10-27)21(20)15-9-17(25)23(26)22-19(30)8-12(3)31-24(15)22/h8-9,11,16,21H,6-7H2,1-5H3. The summed E-state index contributed by atoms with van der Waals surface area (Å²) in [5, 5.41) is 9.35. The van der Waals surface area contributed by atoms with Crippen LogP contribution in [0.25, 0.3) is 11.0 Å². The molecule has 0 radical (unpaired) electrons. The molecular weight excluding hydrogens is 402 g/mol. The number of Topliss-reactive ketones (excluding diaryl/α,β-unsaturated/α-hetero) is 1. The number of fused-ring (bicyclic) bond motifs is 1. The van der Waals surface area contributed by atoms with Crippen molar-refractivity contribution in [1.29, 1.82) is 5.26 Å². The van der Waals surface area contributed by atoms with Crippen LogP contribution in [-0.4, -0.2) is 11.5 Å². The molecule has 0 fully saturated rings. The summed E-state index contributed by atoms with van der Waals surface area (Å²) in [6.07, 6.45) is 0.868. The lowest BCUT2D eigenvalue weighted by molar-refractivity contribution is -0.116. The second kappa shape index (κ2) is 8.54. The summed E-state index contributed by atoms with van der Waals surface area (Å²) < 4.78 is 34.8. The zero-order valence-corrected chi connectivity index (χ0v) is 18.2. The first-order chi connectivity index (χ1) is 14.6. The van der Waals surface area contributed by atoms with E-state index in [9.17, 15) is 23.6 Å². The molecule has 1 aliphatic heterocycles. The second-order valence-electron chi connectivity index (χ2n) is 8.38. The van der Waals surface area contributed by atoms with Gasteiger partial charge in [0.1, 0.15) is 16.7 Å². The van der Waals surface area contributed by atoms with Gasteiger partial charge in [0.25, 0.3) is 0 Å². The monoisotopic (exact) mass is 426 g/mol. The number of ketones is 1. The minimum absolute atomic E-state index is 0.0998. The topological polar surface area (TPSA) is 83.4 Å². The van der Waals surface area contributed by atoms with Crippen LogP contribution in [-0.2, 0) is 4.79 Å². The lowest BCUT2D eigenvalue weighted by Gasteiger charge is -2.30. The van der Waals surface area contributed by atoms with Crippen LogP contribution in [0.15, 0.2) is 37.6 Å². The maximum absolute atomic E-state index is 14.6. The molecule has 162 valence electrons. The first-order valence-corrected chi connectivity index (χ1v) is 10.2. The molecule has 31 heavy (non-hydrogen) atoms. The van der Waals surface area contributed by atoms with Crippen LogP contribution < -0.4 is 5.43 Å². The molecule has 7 heteroatoms. The van der Waals surface area contributed by atoms with E-state index in [2.05, 4.69) is 11.1 Å². The molecule has 0 saturated carbocycles. The van der Waals surface area contributed by atoms with Crippen molar-refractivity contribution < 1.29 is 18.0 Å². The summed E-state index contributed by atoms with van der Waals surface area (Å²) in [5.41, 5.74) is 0.386. The Hall–Kier alpha value is -3.14. The van der Waals surface area contributed by atoms with Gasteiger partial charge < -0.3 is 4.42 Å². The molecule has 0 saturated heterocycles.